The second kappa shape index (κ2) is 31.3. The molecule has 4 rings (SSSR count). The molecule has 0 aliphatic carbocycles. The number of aromatic carboxylic acids is 2. The van der Waals surface area contributed by atoms with Crippen molar-refractivity contribution in [3.8, 4) is 23.0 Å². The number of esters is 1. The average Bonchev–Trinajstić information content (AvgIpc) is 3.12. The lowest BCUT2D eigenvalue weighted by atomic mass is 10.1. The van der Waals surface area contributed by atoms with Gasteiger partial charge in [-0.05, 0) is 109 Å². The Kier molecular flexibility index (Phi) is 33.0. The van der Waals surface area contributed by atoms with Gasteiger partial charge < -0.3 is 45.2 Å². The summed E-state index contributed by atoms with van der Waals surface area (Å²) in [6.45, 7) is 5.17. The minimum atomic E-state index is -1.28. The summed E-state index contributed by atoms with van der Waals surface area (Å²) in [6, 6.07) is 18.9. The molecule has 4 aromatic rings. The van der Waals surface area contributed by atoms with Crippen molar-refractivity contribution >= 4 is 90.0 Å². The number of aromatic hydroxyl groups is 3. The number of hydrogen-bond donors (Lipinski definition) is 7. The molecule has 0 heterocycles. The Morgan fingerprint density at radius 2 is 0.845 bits per heavy atom. The highest BCUT2D eigenvalue weighted by Crippen LogP contribution is 2.22. The van der Waals surface area contributed by atoms with E-state index in [-0.39, 0.29) is 79.1 Å². The van der Waals surface area contributed by atoms with Gasteiger partial charge in [0.05, 0.1) is 24.3 Å². The van der Waals surface area contributed by atoms with E-state index < -0.39 is 17.5 Å². The normalized spacial score (nSPS) is 9.60. The number of carboxylic acids is 2. The summed E-state index contributed by atoms with van der Waals surface area (Å²) in [5, 5.41) is 64.7. The van der Waals surface area contributed by atoms with Crippen LogP contribution in [0.3, 0.4) is 0 Å². The fraction of sp³-hybridized carbons (Fsp3) is 0.341. The fourth-order valence-corrected chi connectivity index (χ4v) is 5.46. The zero-order chi connectivity index (χ0) is 41.0. The molecule has 0 bridgehead atoms. The number of phenols is 3. The molecule has 4 aromatic carbocycles. The molecule has 0 aromatic heterocycles. The highest BCUT2D eigenvalue weighted by atomic mass is 79.9. The second-order valence-corrected chi connectivity index (χ2v) is 14.3. The van der Waals surface area contributed by atoms with Crippen molar-refractivity contribution in [2.45, 2.75) is 83.2 Å². The maximum atomic E-state index is 11.6. The number of aliphatic hydroxyl groups is 2. The summed E-state index contributed by atoms with van der Waals surface area (Å²) >= 11 is 13.5. The van der Waals surface area contributed by atoms with Gasteiger partial charge in [-0.25, -0.2) is 14.4 Å². The summed E-state index contributed by atoms with van der Waals surface area (Å²) < 4.78 is 10.7. The summed E-state index contributed by atoms with van der Waals surface area (Å²) in [5.74, 6) is -2.22. The highest BCUT2D eigenvalue weighted by molar-refractivity contribution is 9.09. The van der Waals surface area contributed by atoms with Crippen LogP contribution < -0.4 is 4.74 Å². The van der Waals surface area contributed by atoms with Gasteiger partial charge in [-0.2, -0.15) is 0 Å². The van der Waals surface area contributed by atoms with Gasteiger partial charge in [0.25, 0.3) is 0 Å². The van der Waals surface area contributed by atoms with Gasteiger partial charge in [0, 0.05) is 29.7 Å². The van der Waals surface area contributed by atoms with Crippen molar-refractivity contribution in [1.29, 1.82) is 0 Å². The van der Waals surface area contributed by atoms with E-state index >= 15 is 0 Å². The highest BCUT2D eigenvalue weighted by Gasteiger charge is 2.17. The molecule has 17 heteroatoms. The summed E-state index contributed by atoms with van der Waals surface area (Å²) in [4.78, 5) is 32.4. The molecule has 58 heavy (non-hydrogen) atoms. The third-order valence-electron chi connectivity index (χ3n) is 6.27. The van der Waals surface area contributed by atoms with E-state index in [4.69, 9.17) is 40.1 Å². The van der Waals surface area contributed by atoms with Crippen LogP contribution in [0.15, 0.2) is 72.8 Å². The van der Waals surface area contributed by atoms with Crippen LogP contribution in [-0.2, 0) is 44.1 Å². The first-order chi connectivity index (χ1) is 25.4. The van der Waals surface area contributed by atoms with Gasteiger partial charge in [-0.1, -0.05) is 104 Å². The molecule has 3 radical (unpaired) electrons. The molecule has 0 fully saturated rings. The Morgan fingerprint density at radius 3 is 1.16 bits per heavy atom. The lowest BCUT2D eigenvalue weighted by Crippen LogP contribution is -2.27. The SMILES string of the molecule is C.C.C.CC(C)(C)OC(=O)COc1cc(CBr)cc(CBr)c1.O=C(O)c1cc(O)cc(C(=O)O)c1.OCc1cc(O)cc(CO)c1.Oc1cc(CBr)cc(CBr)c1.[B]. The minimum absolute atomic E-state index is 0. The molecule has 0 atom stereocenters. The van der Waals surface area contributed by atoms with Crippen molar-refractivity contribution in [2.75, 3.05) is 6.61 Å². The van der Waals surface area contributed by atoms with Crippen molar-refractivity contribution in [3.63, 3.8) is 0 Å². The lowest BCUT2D eigenvalue weighted by molar-refractivity contribution is -0.157. The molecule has 0 aliphatic heterocycles. The first-order valence-corrected chi connectivity index (χ1v) is 20.2. The number of carbonyl (C=O) groups is 3. The molecule has 0 spiro atoms. The Morgan fingerprint density at radius 1 is 0.534 bits per heavy atom. The van der Waals surface area contributed by atoms with Gasteiger partial charge in [0.2, 0.25) is 0 Å². The molecule has 12 nitrogen and oxygen atoms in total. The van der Waals surface area contributed by atoms with Gasteiger partial charge in [-0.3, -0.25) is 0 Å². The number of halogens is 4. The van der Waals surface area contributed by atoms with Crippen LogP contribution in [0.4, 0.5) is 0 Å². The number of hydrogen-bond acceptors (Lipinski definition) is 10. The zero-order valence-corrected chi connectivity index (χ0v) is 36.5. The minimum Gasteiger partial charge on any atom is -0.508 e. The monoisotopic (exact) mass is 1070 g/mol. The van der Waals surface area contributed by atoms with Gasteiger partial charge in [-0.15, -0.1) is 0 Å². The van der Waals surface area contributed by atoms with E-state index in [1.165, 1.54) is 12.1 Å². The Balaban J connectivity index is -0.000000336. The number of alkyl halides is 4. The predicted molar refractivity (Wildman–Crippen MR) is 244 cm³/mol. The van der Waals surface area contributed by atoms with Gasteiger partial charge >= 0.3 is 17.9 Å². The maximum absolute atomic E-state index is 11.6. The molecule has 0 amide bonds. The number of phenolic OH excluding ortho intramolecular Hbond substituents is 3. The van der Waals surface area contributed by atoms with Crippen molar-refractivity contribution in [1.82, 2.24) is 0 Å². The van der Waals surface area contributed by atoms with E-state index in [9.17, 15) is 19.5 Å². The summed E-state index contributed by atoms with van der Waals surface area (Å²) in [6.07, 6.45) is 0. The van der Waals surface area contributed by atoms with Crippen LogP contribution in [0.2, 0.25) is 0 Å². The third-order valence-corrected chi connectivity index (χ3v) is 8.86. The standard InChI is InChI=1S/C14H18Br2O3.C8H8Br2O.C8H6O5.C8H10O3.3CH4.B/c1-14(2,3)19-13(17)9-18-12-5-10(7-15)4-11(6-12)8-16;9-4-6-1-7(5-10)3-8(11)2-6;9-6-2-4(7(10)11)1-5(3-6)8(12)13;9-4-6-1-7(5-10)3-8(11)2-6;;;;/h4-6H,7-9H2,1-3H3;1-3,11H,4-5H2;1-3,9H,(H,10,11)(H,12,13);1-3,9-11H,4-5H2;3*1H4;. The van der Waals surface area contributed by atoms with Crippen LogP contribution in [0, 0.1) is 0 Å². The molecule has 0 saturated heterocycles. The Hall–Kier alpha value is -3.61. The molecule has 0 saturated carbocycles. The maximum Gasteiger partial charge on any atom is 0.344 e. The second-order valence-electron chi connectivity index (χ2n) is 12.1. The van der Waals surface area contributed by atoms with Crippen LogP contribution in [0.1, 0.15) is 97.1 Å². The largest absolute Gasteiger partial charge is 0.508 e. The predicted octanol–water partition coefficient (Wildman–Crippen LogP) is 10.1. The van der Waals surface area contributed by atoms with Crippen molar-refractivity contribution < 1.29 is 59.6 Å². The Bertz CT molecular complexity index is 1680. The molecule has 7 N–H and O–H groups in total. The quantitative estimate of drug-likeness (QED) is 0.0425. The lowest BCUT2D eigenvalue weighted by Gasteiger charge is -2.19. The fourth-order valence-electron chi connectivity index (χ4n) is 4.16. The zero-order valence-electron chi connectivity index (χ0n) is 30.1. The van der Waals surface area contributed by atoms with Gasteiger partial charge in [0.1, 0.15) is 28.6 Å². The Labute approximate surface area is 377 Å². The van der Waals surface area contributed by atoms with E-state index in [1.54, 1.807) is 18.2 Å². The van der Waals surface area contributed by atoms with Crippen LogP contribution in [-0.4, -0.2) is 74.3 Å². The number of rotatable bonds is 11. The summed E-state index contributed by atoms with van der Waals surface area (Å²) in [7, 11) is 0. The van der Waals surface area contributed by atoms with Crippen LogP contribution >= 0.6 is 63.7 Å². The van der Waals surface area contributed by atoms with Crippen molar-refractivity contribution in [3.05, 3.63) is 117 Å². The molecule has 0 aliphatic rings. The number of aliphatic hydroxyl groups excluding tert-OH is 2. The number of ether oxygens (including phenoxy) is 2. The van der Waals surface area contributed by atoms with Gasteiger partial charge in [0.15, 0.2) is 6.61 Å². The van der Waals surface area contributed by atoms with Crippen LogP contribution in [0.25, 0.3) is 0 Å². The van der Waals surface area contributed by atoms with E-state index in [0.717, 1.165) is 61.8 Å². The van der Waals surface area contributed by atoms with Crippen LogP contribution in [0.5, 0.6) is 23.0 Å². The first-order valence-electron chi connectivity index (χ1n) is 15.7. The smallest absolute Gasteiger partial charge is 0.344 e. The first kappa shape index (κ1) is 61.1. The van der Waals surface area contributed by atoms with E-state index in [0.29, 0.717) is 22.6 Å². The molecule has 0 unspecified atom stereocenters. The van der Waals surface area contributed by atoms with Crippen molar-refractivity contribution in [2.24, 2.45) is 0 Å². The topological polar surface area (TPSA) is 211 Å². The molecular formula is C41H54BBr4O12. The average molecular weight is 1070 g/mol. The third kappa shape index (κ3) is 25.0. The molecular weight excluding hydrogens is 1010 g/mol. The van der Waals surface area contributed by atoms with E-state index in [1.807, 2.05) is 39.0 Å². The van der Waals surface area contributed by atoms with E-state index in [2.05, 4.69) is 69.8 Å². The number of carboxylic acid groups (broad SMARTS) is 2. The number of carbonyl (C=O) groups excluding carboxylic acids is 1. The number of benzene rings is 4. The summed E-state index contributed by atoms with van der Waals surface area (Å²) in [5.41, 5.74) is 4.63. The molecule has 321 valence electrons.